The summed E-state index contributed by atoms with van der Waals surface area (Å²) < 4.78 is 5.73. The number of hydrogen-bond acceptors (Lipinski definition) is 2. The van der Waals surface area contributed by atoms with Crippen molar-refractivity contribution in [3.8, 4) is 0 Å². The number of morpholine rings is 1. The lowest BCUT2D eigenvalue weighted by molar-refractivity contribution is -0.0483. The van der Waals surface area contributed by atoms with E-state index in [1.54, 1.807) is 0 Å². The molecule has 1 aromatic rings. The first-order valence-electron chi connectivity index (χ1n) is 6.82. The van der Waals surface area contributed by atoms with Gasteiger partial charge in [-0.25, -0.2) is 0 Å². The Bertz CT molecular complexity index is 413. The van der Waals surface area contributed by atoms with Crippen molar-refractivity contribution in [3.05, 3.63) is 35.9 Å². The molecule has 0 unspecified atom stereocenters. The van der Waals surface area contributed by atoms with Gasteiger partial charge in [-0.3, -0.25) is 0 Å². The van der Waals surface area contributed by atoms with Crippen LogP contribution in [0.5, 0.6) is 0 Å². The number of hydrogen-bond donors (Lipinski definition) is 1. The summed E-state index contributed by atoms with van der Waals surface area (Å²) in [7, 11) is 0. The number of ether oxygens (including phenoxy) is 1. The van der Waals surface area contributed by atoms with E-state index in [4.69, 9.17) is 17.0 Å². The Morgan fingerprint density at radius 2 is 1.84 bits per heavy atom. The van der Waals surface area contributed by atoms with Gasteiger partial charge in [0.25, 0.3) is 0 Å². The highest BCUT2D eigenvalue weighted by Crippen LogP contribution is 2.14. The van der Waals surface area contributed by atoms with Crippen LogP contribution in [0.2, 0.25) is 0 Å². The van der Waals surface area contributed by atoms with Gasteiger partial charge in [-0.2, -0.15) is 0 Å². The molecule has 1 aliphatic rings. The molecule has 3 nitrogen and oxygen atoms in total. The van der Waals surface area contributed by atoms with E-state index in [1.807, 2.05) is 6.07 Å². The molecule has 0 amide bonds. The van der Waals surface area contributed by atoms with Crippen molar-refractivity contribution in [3.63, 3.8) is 0 Å². The quantitative estimate of drug-likeness (QED) is 0.841. The molecule has 0 aromatic heterocycles. The largest absolute Gasteiger partial charge is 0.372 e. The molecule has 4 heteroatoms. The summed E-state index contributed by atoms with van der Waals surface area (Å²) >= 11 is 5.52. The summed E-state index contributed by atoms with van der Waals surface area (Å²) in [5, 5.41) is 4.23. The second-order valence-electron chi connectivity index (χ2n) is 5.24. The summed E-state index contributed by atoms with van der Waals surface area (Å²) in [6, 6.07) is 10.6. The van der Waals surface area contributed by atoms with Crippen LogP contribution in [-0.4, -0.2) is 35.3 Å². The standard InChI is InChI=1S/C15H22N2OS/c1-11-9-17(10-12(2)18-11)15(19)16-13(3)14-7-5-4-6-8-14/h4-8,11-13H,9-10H2,1-3H3,(H,16,19)/t11-,12-,13+/m1/s1. The van der Waals surface area contributed by atoms with Crippen molar-refractivity contribution < 1.29 is 4.74 Å². The Hall–Kier alpha value is -1.13. The van der Waals surface area contributed by atoms with Crippen LogP contribution in [0.1, 0.15) is 32.4 Å². The molecule has 3 atom stereocenters. The zero-order valence-electron chi connectivity index (χ0n) is 11.8. The minimum absolute atomic E-state index is 0.224. The number of thiocarbonyl (C=S) groups is 1. The highest BCUT2D eigenvalue weighted by molar-refractivity contribution is 7.80. The van der Waals surface area contributed by atoms with Gasteiger partial charge in [0.1, 0.15) is 0 Å². The average Bonchev–Trinajstić information content (AvgIpc) is 2.38. The molecule has 1 N–H and O–H groups in total. The van der Waals surface area contributed by atoms with E-state index in [9.17, 15) is 0 Å². The maximum atomic E-state index is 5.73. The van der Waals surface area contributed by atoms with E-state index in [1.165, 1.54) is 5.56 Å². The van der Waals surface area contributed by atoms with Crippen LogP contribution < -0.4 is 5.32 Å². The maximum Gasteiger partial charge on any atom is 0.169 e. The van der Waals surface area contributed by atoms with Gasteiger partial charge in [0, 0.05) is 13.1 Å². The molecule has 1 aliphatic heterocycles. The van der Waals surface area contributed by atoms with Crippen LogP contribution in [0.15, 0.2) is 30.3 Å². The molecule has 1 saturated heterocycles. The lowest BCUT2D eigenvalue weighted by atomic mass is 10.1. The van der Waals surface area contributed by atoms with Gasteiger partial charge in [-0.1, -0.05) is 30.3 Å². The predicted octanol–water partition coefficient (Wildman–Crippen LogP) is 2.73. The van der Waals surface area contributed by atoms with Gasteiger partial charge in [-0.05, 0) is 38.6 Å². The van der Waals surface area contributed by atoms with Crippen molar-refractivity contribution in [1.82, 2.24) is 10.2 Å². The van der Waals surface area contributed by atoms with Gasteiger partial charge in [0.05, 0.1) is 18.2 Å². The summed E-state index contributed by atoms with van der Waals surface area (Å²) in [6.07, 6.45) is 0.464. The first-order valence-corrected chi connectivity index (χ1v) is 7.23. The molecule has 1 heterocycles. The van der Waals surface area contributed by atoms with E-state index < -0.39 is 0 Å². The summed E-state index contributed by atoms with van der Waals surface area (Å²) in [4.78, 5) is 2.20. The second-order valence-corrected chi connectivity index (χ2v) is 5.63. The third-order valence-corrected chi connectivity index (χ3v) is 3.72. The fourth-order valence-electron chi connectivity index (χ4n) is 2.45. The van der Waals surface area contributed by atoms with Crippen molar-refractivity contribution in [1.29, 1.82) is 0 Å². The van der Waals surface area contributed by atoms with E-state index in [0.717, 1.165) is 18.2 Å². The number of rotatable bonds is 2. The first kappa shape index (κ1) is 14.3. The Balaban J connectivity index is 1.93. The Morgan fingerprint density at radius 1 is 1.26 bits per heavy atom. The Labute approximate surface area is 120 Å². The van der Waals surface area contributed by atoms with Gasteiger partial charge in [0.15, 0.2) is 5.11 Å². The lowest BCUT2D eigenvalue weighted by Crippen LogP contribution is -2.51. The minimum atomic E-state index is 0.224. The SMILES string of the molecule is C[C@@H]1CN(C(=S)N[C@@H](C)c2ccccc2)C[C@@H](C)O1. The molecule has 0 spiro atoms. The van der Waals surface area contributed by atoms with Crippen molar-refractivity contribution >= 4 is 17.3 Å². The molecule has 0 radical (unpaired) electrons. The van der Waals surface area contributed by atoms with Crippen LogP contribution in [-0.2, 0) is 4.74 Å². The number of nitrogens with one attached hydrogen (secondary N) is 1. The van der Waals surface area contributed by atoms with Crippen LogP contribution in [0.25, 0.3) is 0 Å². The predicted molar refractivity (Wildman–Crippen MR) is 82.2 cm³/mol. The molecule has 0 saturated carbocycles. The topological polar surface area (TPSA) is 24.5 Å². The zero-order valence-corrected chi connectivity index (χ0v) is 12.6. The fraction of sp³-hybridized carbons (Fsp3) is 0.533. The van der Waals surface area contributed by atoms with E-state index >= 15 is 0 Å². The van der Waals surface area contributed by atoms with Crippen LogP contribution >= 0.6 is 12.2 Å². The molecular formula is C15H22N2OS. The van der Waals surface area contributed by atoms with E-state index in [0.29, 0.717) is 0 Å². The highest BCUT2D eigenvalue weighted by Gasteiger charge is 2.24. The smallest absolute Gasteiger partial charge is 0.169 e. The lowest BCUT2D eigenvalue weighted by Gasteiger charge is -2.37. The average molecular weight is 278 g/mol. The Kier molecular flexibility index (Phi) is 4.77. The highest BCUT2D eigenvalue weighted by atomic mass is 32.1. The first-order chi connectivity index (χ1) is 9.06. The van der Waals surface area contributed by atoms with Crippen molar-refractivity contribution in [2.75, 3.05) is 13.1 Å². The van der Waals surface area contributed by atoms with Gasteiger partial charge in [-0.15, -0.1) is 0 Å². The molecule has 104 valence electrons. The van der Waals surface area contributed by atoms with Crippen LogP contribution in [0.4, 0.5) is 0 Å². The molecule has 1 aromatic carbocycles. The van der Waals surface area contributed by atoms with Gasteiger partial charge in [0.2, 0.25) is 0 Å². The zero-order chi connectivity index (χ0) is 13.8. The van der Waals surface area contributed by atoms with Gasteiger partial charge < -0.3 is 15.0 Å². The molecule has 1 fully saturated rings. The minimum Gasteiger partial charge on any atom is -0.372 e. The molecule has 0 aliphatic carbocycles. The Morgan fingerprint density at radius 3 is 2.42 bits per heavy atom. The normalized spacial score (nSPS) is 24.9. The third-order valence-electron chi connectivity index (χ3n) is 3.35. The van der Waals surface area contributed by atoms with Crippen molar-refractivity contribution in [2.24, 2.45) is 0 Å². The maximum absolute atomic E-state index is 5.73. The van der Waals surface area contributed by atoms with Crippen LogP contribution in [0.3, 0.4) is 0 Å². The number of benzene rings is 1. The second kappa shape index (κ2) is 6.35. The van der Waals surface area contributed by atoms with Gasteiger partial charge >= 0.3 is 0 Å². The van der Waals surface area contributed by atoms with E-state index in [2.05, 4.69) is 55.3 Å². The molecule has 2 rings (SSSR count). The van der Waals surface area contributed by atoms with Crippen molar-refractivity contribution in [2.45, 2.75) is 39.0 Å². The monoisotopic (exact) mass is 278 g/mol. The van der Waals surface area contributed by atoms with Crippen LogP contribution in [0, 0.1) is 0 Å². The summed E-state index contributed by atoms with van der Waals surface area (Å²) in [6.45, 7) is 8.03. The third kappa shape index (κ3) is 3.91. The molecule has 0 bridgehead atoms. The fourth-order valence-corrected chi connectivity index (χ4v) is 2.77. The summed E-state index contributed by atoms with van der Waals surface area (Å²) in [5.74, 6) is 0. The number of nitrogens with zero attached hydrogens (tertiary/aromatic N) is 1. The summed E-state index contributed by atoms with van der Waals surface area (Å²) in [5.41, 5.74) is 1.25. The van der Waals surface area contributed by atoms with E-state index in [-0.39, 0.29) is 18.2 Å². The molecule has 19 heavy (non-hydrogen) atoms. The molecular weight excluding hydrogens is 256 g/mol.